The van der Waals surface area contributed by atoms with Gasteiger partial charge < -0.3 is 10.6 Å². The van der Waals surface area contributed by atoms with Crippen molar-refractivity contribution < 1.29 is 23.2 Å². The van der Waals surface area contributed by atoms with Gasteiger partial charge >= 0.3 is 6.03 Å². The Bertz CT molecular complexity index is 982. The highest BCUT2D eigenvalue weighted by molar-refractivity contribution is 6.39. The summed E-state index contributed by atoms with van der Waals surface area (Å²) in [5, 5.41) is 5.07. The number of para-hydroxylation sites is 1. The summed E-state index contributed by atoms with van der Waals surface area (Å²) in [4.78, 5) is 37.9. The molecule has 3 rings (SSSR count). The Morgan fingerprint density at radius 3 is 2.46 bits per heavy atom. The molecule has 2 aromatic carbocycles. The first-order chi connectivity index (χ1) is 13.1. The predicted octanol–water partition coefficient (Wildman–Crippen LogP) is 3.68. The summed E-state index contributed by atoms with van der Waals surface area (Å²) in [5.74, 6) is -3.29. The third kappa shape index (κ3) is 3.53. The second-order valence-electron chi connectivity index (χ2n) is 6.22. The van der Waals surface area contributed by atoms with Crippen molar-refractivity contribution in [1.82, 2.24) is 10.2 Å². The fourth-order valence-corrected chi connectivity index (χ4v) is 3.34. The molecule has 28 heavy (non-hydrogen) atoms. The Kier molecular flexibility index (Phi) is 5.27. The number of imide groups is 1. The monoisotopic (exact) mass is 427 g/mol. The number of amides is 4. The number of anilines is 1. The van der Waals surface area contributed by atoms with Crippen molar-refractivity contribution in [3.05, 3.63) is 63.6 Å². The molecule has 10 heteroatoms. The molecule has 0 aliphatic carbocycles. The van der Waals surface area contributed by atoms with Crippen molar-refractivity contribution in [2.45, 2.75) is 12.5 Å². The SMILES string of the molecule is CC1(c2cc(F)ccc2F)NC(=O)N(CC(=O)Nc2c(Cl)cccc2Cl)C1=O. The van der Waals surface area contributed by atoms with Crippen molar-refractivity contribution in [1.29, 1.82) is 0 Å². The molecular weight excluding hydrogens is 415 g/mol. The van der Waals surface area contributed by atoms with E-state index in [0.29, 0.717) is 4.90 Å². The van der Waals surface area contributed by atoms with E-state index in [9.17, 15) is 23.2 Å². The highest BCUT2D eigenvalue weighted by Gasteiger charge is 2.50. The van der Waals surface area contributed by atoms with Gasteiger partial charge in [0.05, 0.1) is 15.7 Å². The maximum Gasteiger partial charge on any atom is 0.325 e. The van der Waals surface area contributed by atoms with Crippen molar-refractivity contribution in [2.24, 2.45) is 0 Å². The third-order valence-corrected chi connectivity index (χ3v) is 4.90. The van der Waals surface area contributed by atoms with Gasteiger partial charge in [0.1, 0.15) is 23.7 Å². The first kappa shape index (κ1) is 20.0. The van der Waals surface area contributed by atoms with E-state index in [2.05, 4.69) is 10.6 Å². The highest BCUT2D eigenvalue weighted by atomic mass is 35.5. The number of nitrogens with zero attached hydrogens (tertiary/aromatic N) is 1. The lowest BCUT2D eigenvalue weighted by molar-refractivity contribution is -0.133. The van der Waals surface area contributed by atoms with Crippen LogP contribution in [-0.2, 0) is 15.1 Å². The quantitative estimate of drug-likeness (QED) is 0.730. The van der Waals surface area contributed by atoms with Crippen LogP contribution in [0.15, 0.2) is 36.4 Å². The van der Waals surface area contributed by atoms with E-state index in [-0.39, 0.29) is 21.3 Å². The molecule has 0 radical (unpaired) electrons. The minimum absolute atomic E-state index is 0.127. The maximum absolute atomic E-state index is 14.1. The van der Waals surface area contributed by atoms with Crippen molar-refractivity contribution >= 4 is 46.7 Å². The van der Waals surface area contributed by atoms with Crippen molar-refractivity contribution in [3.63, 3.8) is 0 Å². The summed E-state index contributed by atoms with van der Waals surface area (Å²) in [6.45, 7) is 0.562. The number of carbonyl (C=O) groups excluding carboxylic acids is 3. The molecule has 0 spiro atoms. The molecule has 146 valence electrons. The van der Waals surface area contributed by atoms with Gasteiger partial charge in [0, 0.05) is 5.56 Å². The molecular formula is C18H13Cl2F2N3O3. The van der Waals surface area contributed by atoms with Gasteiger partial charge in [-0.15, -0.1) is 0 Å². The molecule has 1 aliphatic rings. The lowest BCUT2D eigenvalue weighted by atomic mass is 9.91. The number of benzene rings is 2. The summed E-state index contributed by atoms with van der Waals surface area (Å²) < 4.78 is 27.7. The Morgan fingerprint density at radius 1 is 1.18 bits per heavy atom. The van der Waals surface area contributed by atoms with Gasteiger partial charge in [-0.3, -0.25) is 14.5 Å². The first-order valence-corrected chi connectivity index (χ1v) is 8.72. The van der Waals surface area contributed by atoms with Crippen LogP contribution in [0.5, 0.6) is 0 Å². The third-order valence-electron chi connectivity index (χ3n) is 4.27. The minimum Gasteiger partial charge on any atom is -0.322 e. The number of rotatable bonds is 4. The van der Waals surface area contributed by atoms with Crippen LogP contribution in [0, 0.1) is 11.6 Å². The smallest absolute Gasteiger partial charge is 0.322 e. The maximum atomic E-state index is 14.1. The van der Waals surface area contributed by atoms with Gasteiger partial charge in [-0.05, 0) is 37.3 Å². The first-order valence-electron chi connectivity index (χ1n) is 7.97. The van der Waals surface area contributed by atoms with Gasteiger partial charge in [-0.1, -0.05) is 29.3 Å². The topological polar surface area (TPSA) is 78.5 Å². The highest BCUT2D eigenvalue weighted by Crippen LogP contribution is 2.32. The molecule has 4 amide bonds. The van der Waals surface area contributed by atoms with E-state index in [0.717, 1.165) is 18.2 Å². The molecule has 1 heterocycles. The molecule has 2 N–H and O–H groups in total. The molecule has 0 bridgehead atoms. The molecule has 2 aromatic rings. The Hall–Kier alpha value is -2.71. The fourth-order valence-electron chi connectivity index (χ4n) is 2.84. The lowest BCUT2D eigenvalue weighted by Crippen LogP contribution is -2.42. The number of hydrogen-bond donors (Lipinski definition) is 2. The minimum atomic E-state index is -1.86. The number of halogens is 4. The van der Waals surface area contributed by atoms with Crippen molar-refractivity contribution in [3.8, 4) is 0 Å². The van der Waals surface area contributed by atoms with Crippen LogP contribution in [0.3, 0.4) is 0 Å². The normalized spacial score (nSPS) is 19.0. The second-order valence-corrected chi connectivity index (χ2v) is 7.03. The molecule has 0 aromatic heterocycles. The van der Waals surface area contributed by atoms with Crippen LogP contribution < -0.4 is 10.6 Å². The van der Waals surface area contributed by atoms with Crippen LogP contribution in [0.4, 0.5) is 19.3 Å². The molecule has 1 atom stereocenters. The number of nitrogens with one attached hydrogen (secondary N) is 2. The zero-order valence-corrected chi connectivity index (χ0v) is 15.9. The standard InChI is InChI=1S/C18H13Cl2F2N3O3/c1-18(10-7-9(21)5-6-13(10)22)16(27)25(17(28)24-18)8-14(26)23-15-11(19)3-2-4-12(15)20/h2-7H,8H2,1H3,(H,23,26)(H,24,28). The van der Waals surface area contributed by atoms with Crippen LogP contribution in [-0.4, -0.2) is 29.3 Å². The Balaban J connectivity index is 1.82. The van der Waals surface area contributed by atoms with Crippen LogP contribution >= 0.6 is 23.2 Å². The van der Waals surface area contributed by atoms with Gasteiger partial charge in [-0.2, -0.15) is 0 Å². The van der Waals surface area contributed by atoms with E-state index in [1.165, 1.54) is 19.1 Å². The van der Waals surface area contributed by atoms with Crippen molar-refractivity contribution in [2.75, 3.05) is 11.9 Å². The number of urea groups is 1. The zero-order valence-electron chi connectivity index (χ0n) is 14.4. The summed E-state index contributed by atoms with van der Waals surface area (Å²) in [6.07, 6.45) is 0. The summed E-state index contributed by atoms with van der Waals surface area (Å²) in [6, 6.07) is 6.22. The van der Waals surface area contributed by atoms with Crippen LogP contribution in [0.1, 0.15) is 12.5 Å². The molecule has 0 saturated carbocycles. The second kappa shape index (κ2) is 7.37. The van der Waals surface area contributed by atoms with Gasteiger partial charge in [0.15, 0.2) is 0 Å². The summed E-state index contributed by atoms with van der Waals surface area (Å²) in [7, 11) is 0. The number of carbonyl (C=O) groups is 3. The van der Waals surface area contributed by atoms with Crippen LogP contribution in [0.2, 0.25) is 10.0 Å². The van der Waals surface area contributed by atoms with Gasteiger partial charge in [-0.25, -0.2) is 13.6 Å². The molecule has 1 unspecified atom stereocenters. The predicted molar refractivity (Wildman–Crippen MR) is 99.0 cm³/mol. The van der Waals surface area contributed by atoms with E-state index in [1.54, 1.807) is 6.07 Å². The van der Waals surface area contributed by atoms with E-state index in [1.807, 2.05) is 0 Å². The molecule has 1 saturated heterocycles. The largest absolute Gasteiger partial charge is 0.325 e. The Morgan fingerprint density at radius 2 is 1.82 bits per heavy atom. The molecule has 1 aliphatic heterocycles. The average Bonchev–Trinajstić information content (AvgIpc) is 2.84. The summed E-state index contributed by atoms with van der Waals surface area (Å²) >= 11 is 11.9. The van der Waals surface area contributed by atoms with Gasteiger partial charge in [0.25, 0.3) is 5.91 Å². The van der Waals surface area contributed by atoms with E-state index in [4.69, 9.17) is 23.2 Å². The zero-order chi connectivity index (χ0) is 20.6. The van der Waals surface area contributed by atoms with Gasteiger partial charge in [0.2, 0.25) is 5.91 Å². The van der Waals surface area contributed by atoms with E-state index < -0.39 is 41.6 Å². The lowest BCUT2D eigenvalue weighted by Gasteiger charge is -2.22. The fraction of sp³-hybridized carbons (Fsp3) is 0.167. The summed E-state index contributed by atoms with van der Waals surface area (Å²) in [5.41, 5.74) is -2.07. The molecule has 1 fully saturated rings. The average molecular weight is 428 g/mol. The van der Waals surface area contributed by atoms with Crippen LogP contribution in [0.25, 0.3) is 0 Å². The number of hydrogen-bond acceptors (Lipinski definition) is 3. The molecule has 6 nitrogen and oxygen atoms in total. The Labute approximate surface area is 168 Å². The van der Waals surface area contributed by atoms with E-state index >= 15 is 0 Å².